The minimum atomic E-state index is 1.76. The first kappa shape index (κ1) is 2.45. The monoisotopic (exact) mass is 68.0 g/mol. The normalized spacial score (nSPS) is 16.0. The molecule has 1 aliphatic heterocycles. The summed E-state index contributed by atoms with van der Waals surface area (Å²) < 4.78 is 0. The Morgan fingerprint density at radius 2 is 1.80 bits per heavy atom. The van der Waals surface area contributed by atoms with Gasteiger partial charge in [0.05, 0.1) is 12.4 Å². The molecule has 0 aromatic rings. The number of rotatable bonds is 0. The first-order valence-corrected chi connectivity index (χ1v) is 1.41. The van der Waals surface area contributed by atoms with Gasteiger partial charge in [-0.1, -0.05) is 0 Å². The molecule has 0 saturated heterocycles. The van der Waals surface area contributed by atoms with Crippen LogP contribution in [0.15, 0.2) is 12.4 Å². The van der Waals surface area contributed by atoms with E-state index in [1.54, 1.807) is 12.4 Å². The average molecular weight is 68.1 g/mol. The van der Waals surface area contributed by atoms with Gasteiger partial charge in [0.15, 0.2) is 0 Å². The second-order valence-corrected chi connectivity index (χ2v) is 0.747. The molecule has 0 fully saturated rings. The summed E-state index contributed by atoms with van der Waals surface area (Å²) in [5.41, 5.74) is 0. The second kappa shape index (κ2) is 0.885. The van der Waals surface area contributed by atoms with Gasteiger partial charge in [0.1, 0.15) is 0 Å². The van der Waals surface area contributed by atoms with Crippen LogP contribution in [0.1, 0.15) is 0 Å². The molecule has 1 rings (SSSR count). The molecular formula is C3H4N2+. The summed E-state index contributed by atoms with van der Waals surface area (Å²) in [4.78, 5) is 0. The van der Waals surface area contributed by atoms with Gasteiger partial charge < -0.3 is 0 Å². The van der Waals surface area contributed by atoms with E-state index < -0.39 is 0 Å². The Morgan fingerprint density at radius 1 is 1.20 bits per heavy atom. The maximum atomic E-state index is 2.68. The lowest BCUT2D eigenvalue weighted by Crippen LogP contribution is -2.01. The van der Waals surface area contributed by atoms with Gasteiger partial charge in [-0.05, 0) is 0 Å². The zero-order chi connectivity index (χ0) is 3.54. The zero-order valence-electron chi connectivity index (χ0n) is 2.65. The molecule has 0 bridgehead atoms. The quantitative estimate of drug-likeness (QED) is 0.379. The topological polar surface area (TPSA) is 24.1 Å². The van der Waals surface area contributed by atoms with Crippen molar-refractivity contribution in [2.75, 3.05) is 0 Å². The zero-order valence-corrected chi connectivity index (χ0v) is 2.65. The van der Waals surface area contributed by atoms with E-state index in [1.807, 2.05) is 0 Å². The molecule has 25 valence electrons. The van der Waals surface area contributed by atoms with E-state index in [4.69, 9.17) is 0 Å². The van der Waals surface area contributed by atoms with Gasteiger partial charge in [0.2, 0.25) is 0 Å². The van der Waals surface area contributed by atoms with Crippen molar-refractivity contribution in [3.8, 4) is 0 Å². The summed E-state index contributed by atoms with van der Waals surface area (Å²) >= 11 is 0. The molecule has 5 heavy (non-hydrogen) atoms. The minimum absolute atomic E-state index is 1.76. The van der Waals surface area contributed by atoms with Gasteiger partial charge in [-0.15, -0.1) is 0 Å². The second-order valence-electron chi connectivity index (χ2n) is 0.747. The fraction of sp³-hybridized carbons (Fsp3) is 0. The van der Waals surface area contributed by atoms with Crippen molar-refractivity contribution < 1.29 is 0 Å². The van der Waals surface area contributed by atoms with Crippen molar-refractivity contribution >= 4 is 0 Å². The fourth-order valence-electron chi connectivity index (χ4n) is 0.208. The van der Waals surface area contributed by atoms with E-state index in [9.17, 15) is 0 Å². The van der Waals surface area contributed by atoms with Gasteiger partial charge in [-0.3, -0.25) is 0 Å². The molecule has 2 nitrogen and oxygen atoms in total. The Morgan fingerprint density at radius 3 is 2.00 bits per heavy atom. The summed E-state index contributed by atoms with van der Waals surface area (Å²) in [5.74, 6) is 0. The van der Waals surface area contributed by atoms with E-state index in [0.717, 1.165) is 0 Å². The predicted molar refractivity (Wildman–Crippen MR) is 18.7 cm³/mol. The molecule has 2 heteroatoms. The Labute approximate surface area is 30.9 Å². The van der Waals surface area contributed by atoms with Crippen molar-refractivity contribution in [1.82, 2.24) is 10.6 Å². The Kier molecular flexibility index (Phi) is 0.433. The molecule has 0 aromatic heterocycles. The summed E-state index contributed by atoms with van der Waals surface area (Å²) in [6.07, 6.45) is 3.53. The molecule has 0 atom stereocenters. The lowest BCUT2D eigenvalue weighted by Gasteiger charge is -1.54. The first-order chi connectivity index (χ1) is 2.50. The highest BCUT2D eigenvalue weighted by Gasteiger charge is 2.02. The maximum Gasteiger partial charge on any atom is 0.558 e. The van der Waals surface area contributed by atoms with Gasteiger partial charge in [0.25, 0.3) is 0 Å². The van der Waals surface area contributed by atoms with Crippen LogP contribution in [0.4, 0.5) is 0 Å². The summed E-state index contributed by atoms with van der Waals surface area (Å²) in [7, 11) is 0. The smallest absolute Gasteiger partial charge is 0.159 e. The van der Waals surface area contributed by atoms with Crippen LogP contribution < -0.4 is 10.6 Å². The van der Waals surface area contributed by atoms with Gasteiger partial charge >= 0.3 is 6.67 Å². The largest absolute Gasteiger partial charge is 0.558 e. The maximum absolute atomic E-state index is 2.68. The molecule has 0 amide bonds. The molecule has 0 unspecified atom stereocenters. The highest BCUT2D eigenvalue weighted by molar-refractivity contribution is 4.89. The lowest BCUT2D eigenvalue weighted by molar-refractivity contribution is 0.981. The van der Waals surface area contributed by atoms with Crippen molar-refractivity contribution in [3.63, 3.8) is 0 Å². The van der Waals surface area contributed by atoms with Gasteiger partial charge in [-0.25, -0.2) is 0 Å². The molecule has 0 aromatic carbocycles. The summed E-state index contributed by atoms with van der Waals surface area (Å²) in [5, 5.41) is 5.36. The van der Waals surface area contributed by atoms with Crippen LogP contribution >= 0.6 is 0 Å². The molecule has 1 aliphatic rings. The molecule has 0 spiro atoms. The van der Waals surface area contributed by atoms with E-state index >= 15 is 0 Å². The van der Waals surface area contributed by atoms with Crippen molar-refractivity contribution in [2.45, 2.75) is 0 Å². The molecule has 0 saturated carbocycles. The van der Waals surface area contributed by atoms with Crippen LogP contribution in [0.25, 0.3) is 0 Å². The highest BCUT2D eigenvalue weighted by Crippen LogP contribution is 1.71. The van der Waals surface area contributed by atoms with Gasteiger partial charge in [-0.2, -0.15) is 10.6 Å². The van der Waals surface area contributed by atoms with E-state index in [1.165, 1.54) is 0 Å². The molecule has 0 aliphatic carbocycles. The van der Waals surface area contributed by atoms with Crippen molar-refractivity contribution in [3.05, 3.63) is 19.1 Å². The number of hydrogen-bond acceptors (Lipinski definition) is 2. The molecule has 1 heterocycles. The Balaban J connectivity index is 2.32. The van der Waals surface area contributed by atoms with Gasteiger partial charge in [0, 0.05) is 0 Å². The Bertz CT molecular complexity index is 42.9. The van der Waals surface area contributed by atoms with E-state index in [-0.39, 0.29) is 0 Å². The standard InChI is InChI=1S/C3H4N2/c1-2-5-3-4-1/h1-2,4-5H/q+1. The third-order valence-corrected chi connectivity index (χ3v) is 0.394. The molecule has 2 N–H and O–H groups in total. The van der Waals surface area contributed by atoms with Crippen LogP contribution in [0, 0.1) is 6.67 Å². The Hall–Kier alpha value is -0.790. The fourth-order valence-corrected chi connectivity index (χ4v) is 0.208. The lowest BCUT2D eigenvalue weighted by atomic mass is 11.0. The molecule has 1 radical (unpaired) electrons. The summed E-state index contributed by atoms with van der Waals surface area (Å²) in [6.45, 7) is 2.61. The third-order valence-electron chi connectivity index (χ3n) is 0.394. The van der Waals surface area contributed by atoms with Crippen LogP contribution in [0.2, 0.25) is 0 Å². The molecular weight excluding hydrogens is 64.0 g/mol. The van der Waals surface area contributed by atoms with Crippen molar-refractivity contribution in [1.29, 1.82) is 0 Å². The van der Waals surface area contributed by atoms with Crippen LogP contribution in [-0.2, 0) is 0 Å². The third kappa shape index (κ3) is 0.265. The predicted octanol–water partition coefficient (Wildman–Crippen LogP) is -0.353. The number of nitrogens with one attached hydrogen (secondary N) is 2. The van der Waals surface area contributed by atoms with Crippen LogP contribution in [-0.4, -0.2) is 0 Å². The number of hydrogen-bond donors (Lipinski definition) is 2. The van der Waals surface area contributed by atoms with E-state index in [2.05, 4.69) is 17.3 Å². The SMILES string of the molecule is [C+]1NC=CN1. The van der Waals surface area contributed by atoms with Crippen LogP contribution in [0.3, 0.4) is 0 Å². The first-order valence-electron chi connectivity index (χ1n) is 1.41. The van der Waals surface area contributed by atoms with E-state index in [0.29, 0.717) is 0 Å². The summed E-state index contributed by atoms with van der Waals surface area (Å²) in [6, 6.07) is 0. The average Bonchev–Trinajstić information content (AvgIpc) is 1.76. The minimum Gasteiger partial charge on any atom is -0.159 e. The van der Waals surface area contributed by atoms with Crippen molar-refractivity contribution in [2.24, 2.45) is 0 Å². The van der Waals surface area contributed by atoms with Crippen LogP contribution in [0.5, 0.6) is 0 Å². The highest BCUT2D eigenvalue weighted by atomic mass is 15.1.